The Bertz CT molecular complexity index is 1130. The van der Waals surface area contributed by atoms with Gasteiger partial charge in [0.05, 0.1) is 29.7 Å². The topological polar surface area (TPSA) is 73.9 Å². The number of hydrogen-bond donors (Lipinski definition) is 0. The van der Waals surface area contributed by atoms with Crippen LogP contribution in [0.2, 0.25) is 0 Å². The molecule has 8 heteroatoms. The molecule has 2 aliphatic rings. The van der Waals surface area contributed by atoms with Gasteiger partial charge in [0.1, 0.15) is 23.4 Å². The molecule has 31 heavy (non-hydrogen) atoms. The average molecular weight is 417 g/mol. The van der Waals surface area contributed by atoms with Crippen LogP contribution in [-0.2, 0) is 0 Å². The predicted molar refractivity (Wildman–Crippen MR) is 114 cm³/mol. The summed E-state index contributed by atoms with van der Waals surface area (Å²) < 4.78 is 15.4. The van der Waals surface area contributed by atoms with Crippen molar-refractivity contribution < 1.29 is 4.39 Å². The number of benzene rings is 1. The molecule has 158 valence electrons. The maximum absolute atomic E-state index is 13.5. The van der Waals surface area contributed by atoms with Gasteiger partial charge in [-0.3, -0.25) is 4.90 Å². The van der Waals surface area contributed by atoms with Crippen molar-refractivity contribution in [1.82, 2.24) is 24.9 Å². The fraction of sp³-hybridized carbons (Fsp3) is 0.391. The van der Waals surface area contributed by atoms with Crippen LogP contribution in [0.5, 0.6) is 0 Å². The Morgan fingerprint density at radius 3 is 2.94 bits per heavy atom. The summed E-state index contributed by atoms with van der Waals surface area (Å²) >= 11 is 0. The van der Waals surface area contributed by atoms with E-state index in [9.17, 15) is 9.65 Å². The molecule has 0 bridgehead atoms. The van der Waals surface area contributed by atoms with Crippen molar-refractivity contribution in [2.45, 2.75) is 38.3 Å². The van der Waals surface area contributed by atoms with Crippen LogP contribution < -0.4 is 4.90 Å². The Labute approximate surface area is 180 Å². The Hall–Kier alpha value is -3.31. The summed E-state index contributed by atoms with van der Waals surface area (Å²) in [7, 11) is 0. The fourth-order valence-corrected chi connectivity index (χ4v) is 4.86. The first-order valence-corrected chi connectivity index (χ1v) is 10.7. The van der Waals surface area contributed by atoms with Gasteiger partial charge in [0.15, 0.2) is 0 Å². The zero-order valence-corrected chi connectivity index (χ0v) is 17.4. The zero-order chi connectivity index (χ0) is 21.4. The quantitative estimate of drug-likeness (QED) is 0.650. The second-order valence-electron chi connectivity index (χ2n) is 8.35. The third kappa shape index (κ3) is 3.77. The molecule has 0 N–H and O–H groups in total. The van der Waals surface area contributed by atoms with Gasteiger partial charge in [0, 0.05) is 25.7 Å². The minimum absolute atomic E-state index is 0.236. The van der Waals surface area contributed by atoms with Crippen molar-refractivity contribution in [3.05, 3.63) is 65.4 Å². The van der Waals surface area contributed by atoms with Gasteiger partial charge >= 0.3 is 0 Å². The lowest BCUT2D eigenvalue weighted by atomic mass is 10.1. The van der Waals surface area contributed by atoms with Crippen LogP contribution in [0.4, 0.5) is 10.2 Å². The van der Waals surface area contributed by atoms with Crippen LogP contribution in [0, 0.1) is 24.1 Å². The van der Waals surface area contributed by atoms with Gasteiger partial charge < -0.3 is 4.90 Å². The van der Waals surface area contributed by atoms with E-state index in [4.69, 9.17) is 0 Å². The molecule has 0 aliphatic carbocycles. The normalized spacial score (nSPS) is 21.5. The number of aryl methyl sites for hydroxylation is 1. The third-order valence-electron chi connectivity index (χ3n) is 6.29. The van der Waals surface area contributed by atoms with Crippen LogP contribution in [0.25, 0.3) is 5.69 Å². The van der Waals surface area contributed by atoms with Gasteiger partial charge in [0.25, 0.3) is 0 Å². The SMILES string of the molecule is Cc1cccc(-n2cc(C3CCC4CN(c5ncc(F)cc5C#N)CCCN43)nn2)c1. The van der Waals surface area contributed by atoms with Crippen molar-refractivity contribution >= 4 is 5.82 Å². The molecular weight excluding hydrogens is 393 g/mol. The maximum atomic E-state index is 13.5. The first-order valence-electron chi connectivity index (χ1n) is 10.7. The first kappa shape index (κ1) is 19.6. The summed E-state index contributed by atoms with van der Waals surface area (Å²) in [5, 5.41) is 18.3. The van der Waals surface area contributed by atoms with Gasteiger partial charge in [0.2, 0.25) is 0 Å². The second-order valence-corrected chi connectivity index (χ2v) is 8.35. The van der Waals surface area contributed by atoms with E-state index in [1.54, 1.807) is 0 Å². The van der Waals surface area contributed by atoms with E-state index in [0.717, 1.165) is 50.3 Å². The molecule has 1 aromatic carbocycles. The number of anilines is 1. The van der Waals surface area contributed by atoms with Crippen molar-refractivity contribution in [2.24, 2.45) is 0 Å². The monoisotopic (exact) mass is 417 g/mol. The number of rotatable bonds is 3. The summed E-state index contributed by atoms with van der Waals surface area (Å²) in [5.74, 6) is 0.106. The van der Waals surface area contributed by atoms with Gasteiger partial charge in [-0.2, -0.15) is 5.26 Å². The minimum Gasteiger partial charge on any atom is -0.354 e. The van der Waals surface area contributed by atoms with Crippen LogP contribution in [0.3, 0.4) is 0 Å². The highest BCUT2D eigenvalue weighted by atomic mass is 19.1. The highest BCUT2D eigenvalue weighted by Crippen LogP contribution is 2.37. The molecule has 2 unspecified atom stereocenters. The van der Waals surface area contributed by atoms with Crippen molar-refractivity contribution in [1.29, 1.82) is 5.26 Å². The standard InChI is InChI=1S/C23H24FN7/c1-16-4-2-5-19(10-16)31-15-21(27-28-31)22-7-6-20-14-29(8-3-9-30(20)22)23-17(12-25)11-18(24)13-26-23/h2,4-5,10-11,13,15,20,22H,3,6-9,14H2,1H3. The van der Waals surface area contributed by atoms with Crippen molar-refractivity contribution in [2.75, 3.05) is 24.5 Å². The molecule has 0 amide bonds. The Balaban J connectivity index is 1.36. The van der Waals surface area contributed by atoms with Crippen LogP contribution >= 0.6 is 0 Å². The van der Waals surface area contributed by atoms with Crippen LogP contribution in [0.1, 0.15) is 42.1 Å². The number of hydrogen-bond acceptors (Lipinski definition) is 6. The molecule has 2 aromatic heterocycles. The maximum Gasteiger partial charge on any atom is 0.146 e. The van der Waals surface area contributed by atoms with E-state index < -0.39 is 5.82 Å². The summed E-state index contributed by atoms with van der Waals surface area (Å²) in [6.45, 7) is 4.59. The lowest BCUT2D eigenvalue weighted by molar-refractivity contribution is 0.204. The van der Waals surface area contributed by atoms with Crippen LogP contribution in [0.15, 0.2) is 42.7 Å². The highest BCUT2D eigenvalue weighted by molar-refractivity contribution is 5.54. The molecule has 2 aliphatic heterocycles. The Morgan fingerprint density at radius 1 is 1.19 bits per heavy atom. The van der Waals surface area contributed by atoms with E-state index in [2.05, 4.69) is 50.2 Å². The predicted octanol–water partition coefficient (Wildman–Crippen LogP) is 3.40. The summed E-state index contributed by atoms with van der Waals surface area (Å²) in [4.78, 5) is 8.88. The van der Waals surface area contributed by atoms with Crippen molar-refractivity contribution in [3.8, 4) is 11.8 Å². The highest BCUT2D eigenvalue weighted by Gasteiger charge is 2.38. The molecule has 0 radical (unpaired) electrons. The Kier molecular flexibility index (Phi) is 5.12. The van der Waals surface area contributed by atoms with E-state index in [0.29, 0.717) is 17.4 Å². The van der Waals surface area contributed by atoms with E-state index in [1.807, 2.05) is 23.0 Å². The molecule has 0 spiro atoms. The van der Waals surface area contributed by atoms with Gasteiger partial charge in [-0.05, 0) is 49.9 Å². The molecule has 2 fully saturated rings. The summed E-state index contributed by atoms with van der Waals surface area (Å²) in [6, 6.07) is 12.2. The first-order chi connectivity index (χ1) is 15.1. The van der Waals surface area contributed by atoms with Gasteiger partial charge in [-0.25, -0.2) is 14.1 Å². The second kappa shape index (κ2) is 8.08. The molecule has 3 aromatic rings. The van der Waals surface area contributed by atoms with Crippen molar-refractivity contribution in [3.63, 3.8) is 0 Å². The molecule has 4 heterocycles. The lowest BCUT2D eigenvalue weighted by Crippen LogP contribution is -2.38. The molecular formula is C23H24FN7. The molecule has 0 saturated carbocycles. The smallest absolute Gasteiger partial charge is 0.146 e. The summed E-state index contributed by atoms with van der Waals surface area (Å²) in [6.07, 6.45) is 6.25. The number of pyridine rings is 1. The fourth-order valence-electron chi connectivity index (χ4n) is 4.86. The van der Waals surface area contributed by atoms with Gasteiger partial charge in [-0.1, -0.05) is 17.3 Å². The number of halogens is 1. The Morgan fingerprint density at radius 2 is 2.10 bits per heavy atom. The van der Waals surface area contributed by atoms with Gasteiger partial charge in [-0.15, -0.1) is 5.10 Å². The largest absolute Gasteiger partial charge is 0.354 e. The lowest BCUT2D eigenvalue weighted by Gasteiger charge is -2.29. The van der Waals surface area contributed by atoms with E-state index in [-0.39, 0.29) is 6.04 Å². The van der Waals surface area contributed by atoms with Crippen LogP contribution in [-0.4, -0.2) is 50.6 Å². The minimum atomic E-state index is -0.477. The number of nitriles is 1. The number of aromatic nitrogens is 4. The number of fused-ring (bicyclic) bond motifs is 1. The average Bonchev–Trinajstić information content (AvgIpc) is 3.35. The van der Waals surface area contributed by atoms with E-state index in [1.165, 1.54) is 17.8 Å². The molecule has 2 atom stereocenters. The number of nitrogens with zero attached hydrogens (tertiary/aromatic N) is 7. The third-order valence-corrected chi connectivity index (χ3v) is 6.29. The summed E-state index contributed by atoms with van der Waals surface area (Å²) in [5.41, 5.74) is 3.50. The molecule has 7 nitrogen and oxygen atoms in total. The molecule has 2 saturated heterocycles. The molecule has 5 rings (SSSR count). The van der Waals surface area contributed by atoms with E-state index >= 15 is 0 Å². The zero-order valence-electron chi connectivity index (χ0n) is 17.4.